The number of carbonyl (C=O) groups is 2. The summed E-state index contributed by atoms with van der Waals surface area (Å²) in [6, 6.07) is 3.66. The Bertz CT molecular complexity index is 766. The van der Waals surface area contributed by atoms with E-state index in [1.807, 2.05) is 26.1 Å². The second-order valence-electron chi connectivity index (χ2n) is 8.21. The fourth-order valence-corrected chi connectivity index (χ4v) is 4.50. The summed E-state index contributed by atoms with van der Waals surface area (Å²) in [5.74, 6) is 1.49. The molecular weight excluding hydrogens is 358 g/mol. The molecule has 1 saturated heterocycles. The van der Waals surface area contributed by atoms with E-state index in [-0.39, 0.29) is 17.9 Å². The molecule has 7 heteroatoms. The molecule has 1 spiro atoms. The van der Waals surface area contributed by atoms with Crippen molar-refractivity contribution in [1.29, 1.82) is 0 Å². The topological polar surface area (TPSA) is 72.3 Å². The predicted octanol–water partition coefficient (Wildman–Crippen LogP) is 1.49. The molecule has 1 unspecified atom stereocenters. The number of rotatable bonds is 6. The van der Waals surface area contributed by atoms with Crippen molar-refractivity contribution in [3.8, 4) is 11.5 Å². The first-order valence-corrected chi connectivity index (χ1v) is 9.99. The molecule has 1 aliphatic heterocycles. The zero-order valence-electron chi connectivity index (χ0n) is 17.6. The summed E-state index contributed by atoms with van der Waals surface area (Å²) >= 11 is 0. The first kappa shape index (κ1) is 20.5. The first-order valence-electron chi connectivity index (χ1n) is 9.99. The van der Waals surface area contributed by atoms with Crippen LogP contribution < -0.4 is 19.7 Å². The third kappa shape index (κ3) is 3.55. The van der Waals surface area contributed by atoms with E-state index in [0.29, 0.717) is 24.7 Å². The van der Waals surface area contributed by atoms with E-state index in [4.69, 9.17) is 9.47 Å². The number of methoxy groups -OCH3 is 2. The van der Waals surface area contributed by atoms with Gasteiger partial charge in [0.1, 0.15) is 12.1 Å². The molecule has 3 amide bonds. The van der Waals surface area contributed by atoms with Crippen LogP contribution in [0.5, 0.6) is 11.5 Å². The summed E-state index contributed by atoms with van der Waals surface area (Å²) in [6.45, 7) is 5.11. The number of hydrogen-bond donors (Lipinski definition) is 2. The van der Waals surface area contributed by atoms with Crippen LogP contribution in [0.1, 0.15) is 43.7 Å². The molecule has 28 heavy (non-hydrogen) atoms. The molecule has 1 aromatic rings. The van der Waals surface area contributed by atoms with Crippen LogP contribution in [0.3, 0.4) is 0 Å². The number of amides is 3. The van der Waals surface area contributed by atoms with Gasteiger partial charge in [-0.2, -0.15) is 0 Å². The summed E-state index contributed by atoms with van der Waals surface area (Å²) < 4.78 is 10.8. The highest BCUT2D eigenvalue weighted by molar-refractivity contribution is 6.07. The maximum atomic E-state index is 13.1. The van der Waals surface area contributed by atoms with Gasteiger partial charge >= 0.3 is 6.03 Å². The van der Waals surface area contributed by atoms with Gasteiger partial charge < -0.3 is 19.7 Å². The molecule has 0 radical (unpaired) electrons. The number of ether oxygens (including phenoxy) is 2. The van der Waals surface area contributed by atoms with E-state index in [0.717, 1.165) is 41.7 Å². The molecule has 1 saturated carbocycles. The summed E-state index contributed by atoms with van der Waals surface area (Å²) in [7, 11) is 5.23. The molecule has 3 rings (SSSR count). The fourth-order valence-electron chi connectivity index (χ4n) is 4.50. The molecule has 2 aliphatic rings. The van der Waals surface area contributed by atoms with Crippen molar-refractivity contribution in [3.05, 3.63) is 23.3 Å². The Balaban J connectivity index is 1.72. The van der Waals surface area contributed by atoms with Crippen molar-refractivity contribution in [2.24, 2.45) is 5.92 Å². The maximum Gasteiger partial charge on any atom is 0.329 e. The lowest BCUT2D eigenvalue weighted by molar-refractivity contribution is -0.901. The zero-order chi connectivity index (χ0) is 20.5. The Labute approximate surface area is 167 Å². The van der Waals surface area contributed by atoms with Crippen LogP contribution in [-0.2, 0) is 11.3 Å². The molecular formula is C21H32N3O4+. The molecule has 1 aliphatic carbocycles. The van der Waals surface area contributed by atoms with Crippen LogP contribution in [0.15, 0.2) is 12.1 Å². The number of nitrogens with one attached hydrogen (secondary N) is 2. The van der Waals surface area contributed by atoms with Crippen LogP contribution in [-0.4, -0.2) is 50.3 Å². The number of benzene rings is 1. The van der Waals surface area contributed by atoms with Crippen LogP contribution in [0.4, 0.5) is 4.79 Å². The van der Waals surface area contributed by atoms with Gasteiger partial charge in [-0.15, -0.1) is 0 Å². The van der Waals surface area contributed by atoms with Gasteiger partial charge in [-0.05, 0) is 43.4 Å². The van der Waals surface area contributed by atoms with E-state index >= 15 is 0 Å². The second kappa shape index (κ2) is 7.99. The monoisotopic (exact) mass is 390 g/mol. The van der Waals surface area contributed by atoms with Gasteiger partial charge in [0.05, 0.1) is 21.3 Å². The highest BCUT2D eigenvalue weighted by Crippen LogP contribution is 2.38. The van der Waals surface area contributed by atoms with E-state index in [1.165, 1.54) is 4.90 Å². The standard InChI is InChI=1S/C21H31N3O4/c1-14-10-17(27-4)18(28-5)11-16(14)12-23(3)13-24-19(25)21(22-20(24)26)9-7-6-8-15(21)2/h10-11,15H,6-9,12-13H2,1-5H3,(H,22,26)/p+1/t15-,21+/m0/s1. The quantitative estimate of drug-likeness (QED) is 0.722. The summed E-state index contributed by atoms with van der Waals surface area (Å²) in [5.41, 5.74) is 1.49. The molecule has 1 heterocycles. The number of carbonyl (C=O) groups excluding carboxylic acids is 2. The highest BCUT2D eigenvalue weighted by Gasteiger charge is 2.55. The Kier molecular flexibility index (Phi) is 5.84. The predicted molar refractivity (Wildman–Crippen MR) is 105 cm³/mol. The van der Waals surface area contributed by atoms with E-state index in [9.17, 15) is 9.59 Å². The average Bonchev–Trinajstić information content (AvgIpc) is 2.90. The number of aryl methyl sites for hydroxylation is 1. The Morgan fingerprint density at radius 1 is 1.21 bits per heavy atom. The molecule has 1 aromatic carbocycles. The summed E-state index contributed by atoms with van der Waals surface area (Å²) in [5, 5.41) is 3.02. The molecule has 7 nitrogen and oxygen atoms in total. The minimum atomic E-state index is -0.700. The van der Waals surface area contributed by atoms with Gasteiger partial charge in [0.2, 0.25) is 0 Å². The highest BCUT2D eigenvalue weighted by atomic mass is 16.5. The summed E-state index contributed by atoms with van der Waals surface area (Å²) in [6.07, 6.45) is 3.82. The molecule has 2 N–H and O–H groups in total. The lowest BCUT2D eigenvalue weighted by Crippen LogP contribution is -3.09. The van der Waals surface area contributed by atoms with Crippen molar-refractivity contribution in [3.63, 3.8) is 0 Å². The minimum absolute atomic E-state index is 0.0620. The average molecular weight is 391 g/mol. The summed E-state index contributed by atoms with van der Waals surface area (Å²) in [4.78, 5) is 28.2. The van der Waals surface area contributed by atoms with Gasteiger partial charge in [0.25, 0.3) is 5.91 Å². The van der Waals surface area contributed by atoms with Gasteiger partial charge in [-0.25, -0.2) is 9.69 Å². The van der Waals surface area contributed by atoms with Gasteiger partial charge in [0.15, 0.2) is 18.2 Å². The molecule has 2 fully saturated rings. The van der Waals surface area contributed by atoms with Gasteiger partial charge in [0, 0.05) is 5.56 Å². The number of quaternary nitrogens is 1. The van der Waals surface area contributed by atoms with Gasteiger partial charge in [-0.3, -0.25) is 4.79 Å². The normalized spacial score (nSPS) is 25.8. The Hall–Kier alpha value is -2.28. The second-order valence-corrected chi connectivity index (χ2v) is 8.21. The van der Waals surface area contributed by atoms with E-state index < -0.39 is 5.54 Å². The van der Waals surface area contributed by atoms with Crippen molar-refractivity contribution >= 4 is 11.9 Å². The third-order valence-corrected chi connectivity index (χ3v) is 6.26. The number of nitrogens with zero attached hydrogens (tertiary/aromatic N) is 1. The van der Waals surface area contributed by atoms with Gasteiger partial charge in [-0.1, -0.05) is 19.8 Å². The lowest BCUT2D eigenvalue weighted by Gasteiger charge is -2.36. The van der Waals surface area contributed by atoms with Crippen molar-refractivity contribution in [2.75, 3.05) is 27.9 Å². The maximum absolute atomic E-state index is 13.1. The Morgan fingerprint density at radius 2 is 1.89 bits per heavy atom. The Morgan fingerprint density at radius 3 is 2.54 bits per heavy atom. The minimum Gasteiger partial charge on any atom is -0.493 e. The number of hydrogen-bond acceptors (Lipinski definition) is 4. The van der Waals surface area contributed by atoms with Crippen molar-refractivity contribution in [1.82, 2.24) is 10.2 Å². The molecule has 0 bridgehead atoms. The molecule has 0 aromatic heterocycles. The van der Waals surface area contributed by atoms with Crippen LogP contribution in [0, 0.1) is 12.8 Å². The molecule has 3 atom stereocenters. The fraction of sp³-hybridized carbons (Fsp3) is 0.619. The van der Waals surface area contributed by atoms with E-state index in [2.05, 4.69) is 12.2 Å². The van der Waals surface area contributed by atoms with Crippen LogP contribution in [0.25, 0.3) is 0 Å². The third-order valence-electron chi connectivity index (χ3n) is 6.26. The number of imide groups is 1. The SMILES string of the molecule is COc1cc(C)c(C[NH+](C)CN2C(=O)N[C@@]3(CCCC[C@@H]3C)C2=O)cc1OC. The van der Waals surface area contributed by atoms with Crippen molar-refractivity contribution < 1.29 is 24.0 Å². The molecule has 154 valence electrons. The van der Waals surface area contributed by atoms with Crippen LogP contribution in [0.2, 0.25) is 0 Å². The van der Waals surface area contributed by atoms with E-state index in [1.54, 1.807) is 14.2 Å². The number of urea groups is 1. The van der Waals surface area contributed by atoms with Crippen molar-refractivity contribution in [2.45, 2.75) is 51.6 Å². The lowest BCUT2D eigenvalue weighted by atomic mass is 9.73. The van der Waals surface area contributed by atoms with Crippen LogP contribution >= 0.6 is 0 Å². The smallest absolute Gasteiger partial charge is 0.329 e. The largest absolute Gasteiger partial charge is 0.493 e. The first-order chi connectivity index (χ1) is 13.3. The zero-order valence-corrected chi connectivity index (χ0v) is 17.6.